The molecule has 3 N–H and O–H groups in total. The molecule has 1 aromatic rings. The normalized spacial score (nSPS) is 11.7. The maximum atomic E-state index is 11.8. The quantitative estimate of drug-likeness (QED) is 0.688. The number of nitrogens with one attached hydrogen (secondary N) is 2. The van der Waals surface area contributed by atoms with Crippen LogP contribution in [0.2, 0.25) is 0 Å². The molecular formula is C16H24N2O3. The van der Waals surface area contributed by atoms with Gasteiger partial charge in [0.15, 0.2) is 0 Å². The first-order valence-electron chi connectivity index (χ1n) is 7.33. The average Bonchev–Trinajstić information content (AvgIpc) is 2.40. The maximum absolute atomic E-state index is 11.8. The van der Waals surface area contributed by atoms with E-state index < -0.39 is 5.97 Å². The summed E-state index contributed by atoms with van der Waals surface area (Å²) in [6, 6.07) is 7.43. The summed E-state index contributed by atoms with van der Waals surface area (Å²) in [5.41, 5.74) is 2.41. The van der Waals surface area contributed by atoms with Gasteiger partial charge in [-0.25, -0.2) is 4.79 Å². The van der Waals surface area contributed by atoms with Crippen molar-refractivity contribution in [1.82, 2.24) is 10.6 Å². The number of hydrogen-bond donors (Lipinski definition) is 3. The van der Waals surface area contributed by atoms with Crippen molar-refractivity contribution in [3.63, 3.8) is 0 Å². The lowest BCUT2D eigenvalue weighted by molar-refractivity contribution is -0.137. The number of aliphatic carboxylic acids is 1. The molecule has 0 aliphatic rings. The molecule has 1 unspecified atom stereocenters. The fraction of sp³-hybridized carbons (Fsp3) is 0.500. The molecule has 0 radical (unpaired) electrons. The van der Waals surface area contributed by atoms with Gasteiger partial charge in [0.05, 0.1) is 6.42 Å². The molecule has 5 nitrogen and oxygen atoms in total. The highest BCUT2D eigenvalue weighted by Gasteiger charge is 2.14. The highest BCUT2D eigenvalue weighted by atomic mass is 16.4. The van der Waals surface area contributed by atoms with Crippen LogP contribution < -0.4 is 10.6 Å². The summed E-state index contributed by atoms with van der Waals surface area (Å²) in [4.78, 5) is 22.5. The van der Waals surface area contributed by atoms with Gasteiger partial charge >= 0.3 is 12.0 Å². The highest BCUT2D eigenvalue weighted by Crippen LogP contribution is 2.07. The number of carboxylic acids is 1. The van der Waals surface area contributed by atoms with Crippen molar-refractivity contribution in [3.05, 3.63) is 35.4 Å². The standard InChI is InChI=1S/C16H24N2O3/c1-3-6-14(11-15(19)20)18-16(21)17-10-9-13-8-5-4-7-12(13)2/h4-5,7-8,14H,3,6,9-11H2,1-2H3,(H,19,20)(H2,17,18,21). The summed E-state index contributed by atoms with van der Waals surface area (Å²) in [6.45, 7) is 4.54. The van der Waals surface area contributed by atoms with Gasteiger partial charge in [-0.3, -0.25) is 4.79 Å². The molecule has 0 heterocycles. The number of benzene rings is 1. The SMILES string of the molecule is CCCC(CC(=O)O)NC(=O)NCCc1ccccc1C. The number of carboxylic acid groups (broad SMARTS) is 1. The molecule has 1 rings (SSSR count). The van der Waals surface area contributed by atoms with Crippen LogP contribution in [0.4, 0.5) is 4.79 Å². The lowest BCUT2D eigenvalue weighted by atomic mass is 10.1. The molecule has 116 valence electrons. The van der Waals surface area contributed by atoms with E-state index in [-0.39, 0.29) is 18.5 Å². The molecule has 1 aromatic carbocycles. The second kappa shape index (κ2) is 9.00. The summed E-state index contributed by atoms with van der Waals surface area (Å²) in [7, 11) is 0. The van der Waals surface area contributed by atoms with Crippen LogP contribution in [0.1, 0.15) is 37.3 Å². The molecule has 2 amide bonds. The number of rotatable bonds is 8. The van der Waals surface area contributed by atoms with Crippen LogP contribution in [0.5, 0.6) is 0 Å². The van der Waals surface area contributed by atoms with Gasteiger partial charge in [-0.2, -0.15) is 0 Å². The van der Waals surface area contributed by atoms with Gasteiger partial charge < -0.3 is 15.7 Å². The Balaban J connectivity index is 2.35. The molecule has 0 saturated carbocycles. The van der Waals surface area contributed by atoms with Gasteiger partial charge in [-0.05, 0) is 30.9 Å². The van der Waals surface area contributed by atoms with E-state index in [2.05, 4.69) is 10.6 Å². The minimum absolute atomic E-state index is 0.0426. The molecule has 0 aromatic heterocycles. The molecule has 21 heavy (non-hydrogen) atoms. The Labute approximate surface area is 125 Å². The van der Waals surface area contributed by atoms with Gasteiger partial charge in [0.2, 0.25) is 0 Å². The van der Waals surface area contributed by atoms with Crippen LogP contribution in [-0.2, 0) is 11.2 Å². The van der Waals surface area contributed by atoms with E-state index in [0.29, 0.717) is 13.0 Å². The monoisotopic (exact) mass is 292 g/mol. The Morgan fingerprint density at radius 2 is 2.00 bits per heavy atom. The topological polar surface area (TPSA) is 78.4 Å². The van der Waals surface area contributed by atoms with Crippen LogP contribution in [0, 0.1) is 6.92 Å². The number of aryl methyl sites for hydroxylation is 1. The van der Waals surface area contributed by atoms with Gasteiger partial charge in [0, 0.05) is 12.6 Å². The number of amides is 2. The van der Waals surface area contributed by atoms with E-state index in [9.17, 15) is 9.59 Å². The van der Waals surface area contributed by atoms with Gasteiger partial charge in [0.1, 0.15) is 0 Å². The van der Waals surface area contributed by atoms with Gasteiger partial charge in [-0.15, -0.1) is 0 Å². The van der Waals surface area contributed by atoms with E-state index in [0.717, 1.165) is 12.8 Å². The van der Waals surface area contributed by atoms with Crippen LogP contribution in [0.25, 0.3) is 0 Å². The molecule has 5 heteroatoms. The largest absolute Gasteiger partial charge is 0.481 e. The maximum Gasteiger partial charge on any atom is 0.315 e. The van der Waals surface area contributed by atoms with E-state index in [1.807, 2.05) is 38.1 Å². The second-order valence-electron chi connectivity index (χ2n) is 5.16. The minimum atomic E-state index is -0.895. The molecule has 0 saturated heterocycles. The van der Waals surface area contributed by atoms with E-state index in [4.69, 9.17) is 5.11 Å². The lowest BCUT2D eigenvalue weighted by Crippen LogP contribution is -2.43. The van der Waals surface area contributed by atoms with Gasteiger partial charge in [0.25, 0.3) is 0 Å². The summed E-state index contributed by atoms with van der Waals surface area (Å²) < 4.78 is 0. The third-order valence-corrected chi connectivity index (χ3v) is 3.33. The zero-order chi connectivity index (χ0) is 15.7. The molecular weight excluding hydrogens is 268 g/mol. The number of carbonyl (C=O) groups is 2. The fourth-order valence-electron chi connectivity index (χ4n) is 2.22. The third kappa shape index (κ3) is 6.79. The van der Waals surface area contributed by atoms with Crippen molar-refractivity contribution in [2.45, 2.75) is 45.6 Å². The predicted molar refractivity (Wildman–Crippen MR) is 82.4 cm³/mol. The Morgan fingerprint density at radius 1 is 1.29 bits per heavy atom. The first kappa shape index (κ1) is 17.0. The Bertz CT molecular complexity index is 474. The highest BCUT2D eigenvalue weighted by molar-refractivity contribution is 5.75. The Kier molecular flexibility index (Phi) is 7.29. The Morgan fingerprint density at radius 3 is 2.62 bits per heavy atom. The zero-order valence-corrected chi connectivity index (χ0v) is 12.7. The van der Waals surface area contributed by atoms with Crippen molar-refractivity contribution in [2.75, 3.05) is 6.54 Å². The summed E-state index contributed by atoms with van der Waals surface area (Å²) in [6.07, 6.45) is 2.22. The van der Waals surface area contributed by atoms with Crippen LogP contribution in [0.15, 0.2) is 24.3 Å². The molecule has 0 aliphatic carbocycles. The zero-order valence-electron chi connectivity index (χ0n) is 12.7. The fourth-order valence-corrected chi connectivity index (χ4v) is 2.22. The average molecular weight is 292 g/mol. The van der Waals surface area contributed by atoms with Crippen LogP contribution in [-0.4, -0.2) is 29.7 Å². The first-order valence-corrected chi connectivity index (χ1v) is 7.33. The van der Waals surface area contributed by atoms with Crippen molar-refractivity contribution >= 4 is 12.0 Å². The van der Waals surface area contributed by atoms with E-state index in [1.165, 1.54) is 11.1 Å². The lowest BCUT2D eigenvalue weighted by Gasteiger charge is -2.16. The molecule has 0 spiro atoms. The molecule has 0 fully saturated rings. The number of carbonyl (C=O) groups excluding carboxylic acids is 1. The summed E-state index contributed by atoms with van der Waals surface area (Å²) >= 11 is 0. The van der Waals surface area contributed by atoms with E-state index >= 15 is 0 Å². The van der Waals surface area contributed by atoms with E-state index in [1.54, 1.807) is 0 Å². The minimum Gasteiger partial charge on any atom is -0.481 e. The summed E-state index contributed by atoms with van der Waals surface area (Å²) in [5.74, 6) is -0.895. The number of hydrogen-bond acceptors (Lipinski definition) is 2. The Hall–Kier alpha value is -2.04. The summed E-state index contributed by atoms with van der Waals surface area (Å²) in [5, 5.41) is 14.3. The van der Waals surface area contributed by atoms with Crippen LogP contribution >= 0.6 is 0 Å². The van der Waals surface area contributed by atoms with Gasteiger partial charge in [-0.1, -0.05) is 37.6 Å². The predicted octanol–water partition coefficient (Wildman–Crippen LogP) is 2.48. The van der Waals surface area contributed by atoms with Crippen LogP contribution in [0.3, 0.4) is 0 Å². The molecule has 0 aliphatic heterocycles. The third-order valence-electron chi connectivity index (χ3n) is 3.33. The molecule has 1 atom stereocenters. The van der Waals surface area contributed by atoms with Crippen molar-refractivity contribution in [1.29, 1.82) is 0 Å². The first-order chi connectivity index (χ1) is 10.0. The molecule has 0 bridgehead atoms. The second-order valence-corrected chi connectivity index (χ2v) is 5.16. The van der Waals surface area contributed by atoms with Crippen molar-refractivity contribution in [3.8, 4) is 0 Å². The van der Waals surface area contributed by atoms with Crippen molar-refractivity contribution in [2.24, 2.45) is 0 Å². The number of urea groups is 1. The smallest absolute Gasteiger partial charge is 0.315 e. The van der Waals surface area contributed by atoms with Crippen molar-refractivity contribution < 1.29 is 14.7 Å².